The minimum absolute atomic E-state index is 0.00595. The number of nitrogens with zero attached hydrogens (tertiary/aromatic N) is 2. The lowest BCUT2D eigenvalue weighted by atomic mass is 10.1. The van der Waals surface area contributed by atoms with E-state index in [0.717, 1.165) is 29.4 Å². The Hall–Kier alpha value is -0.880. The largest absolute Gasteiger partial charge is 0.374 e. The number of halogens is 1. The van der Waals surface area contributed by atoms with Crippen LogP contribution in [0.15, 0.2) is 4.47 Å². The Bertz CT molecular complexity index is 474. The molecule has 1 N–H and O–H groups in total. The number of H-pyrrole nitrogens is 1. The van der Waals surface area contributed by atoms with Crippen LogP contribution in [0.5, 0.6) is 0 Å². The van der Waals surface area contributed by atoms with Crippen molar-refractivity contribution in [3.63, 3.8) is 0 Å². The van der Waals surface area contributed by atoms with Gasteiger partial charge in [0.2, 0.25) is 0 Å². The first-order chi connectivity index (χ1) is 8.68. The molecule has 1 amide bonds. The maximum absolute atomic E-state index is 12.5. The lowest BCUT2D eigenvalue weighted by Crippen LogP contribution is -2.51. The van der Waals surface area contributed by atoms with Gasteiger partial charge in [0.1, 0.15) is 0 Å². The zero-order valence-corrected chi connectivity index (χ0v) is 11.9. The van der Waals surface area contributed by atoms with E-state index in [1.165, 1.54) is 0 Å². The van der Waals surface area contributed by atoms with Crippen molar-refractivity contribution in [3.05, 3.63) is 15.9 Å². The van der Waals surface area contributed by atoms with Gasteiger partial charge in [0.05, 0.1) is 23.2 Å². The van der Waals surface area contributed by atoms with Crippen molar-refractivity contribution in [1.82, 2.24) is 15.1 Å². The van der Waals surface area contributed by atoms with Crippen molar-refractivity contribution in [2.45, 2.75) is 38.3 Å². The molecule has 18 heavy (non-hydrogen) atoms. The Kier molecular flexibility index (Phi) is 3.15. The number of hydrogen-bond acceptors (Lipinski definition) is 3. The third kappa shape index (κ3) is 1.87. The fourth-order valence-corrected chi connectivity index (χ4v) is 3.22. The number of amides is 1. The van der Waals surface area contributed by atoms with Gasteiger partial charge in [-0.3, -0.25) is 9.89 Å². The minimum atomic E-state index is 0.00595. The molecule has 3 rings (SSSR count). The number of aromatic amines is 1. The van der Waals surface area contributed by atoms with E-state index < -0.39 is 0 Å². The predicted octanol–water partition coefficient (Wildman–Crippen LogP) is 1.87. The van der Waals surface area contributed by atoms with Gasteiger partial charge in [0.15, 0.2) is 5.69 Å². The van der Waals surface area contributed by atoms with Gasteiger partial charge >= 0.3 is 0 Å². The van der Waals surface area contributed by atoms with Crippen LogP contribution in [0.4, 0.5) is 0 Å². The number of carbonyl (C=O) groups is 1. The van der Waals surface area contributed by atoms with E-state index in [-0.39, 0.29) is 18.1 Å². The molecule has 0 aromatic carbocycles. The average Bonchev–Trinajstić information content (AvgIpc) is 2.96. The summed E-state index contributed by atoms with van der Waals surface area (Å²) in [6, 6.07) is 0.232. The molecule has 0 bridgehead atoms. The number of carbonyl (C=O) groups excluding carboxylic acids is 1. The molecule has 2 heterocycles. The van der Waals surface area contributed by atoms with Crippen molar-refractivity contribution < 1.29 is 9.53 Å². The SMILES string of the molecule is Cc1[nH]nc(C(=O)N2CCO[C@@H]3CCC[C@@H]32)c1Br. The molecule has 1 aliphatic carbocycles. The molecule has 1 aliphatic heterocycles. The van der Waals surface area contributed by atoms with Crippen molar-refractivity contribution in [2.75, 3.05) is 13.2 Å². The molecule has 0 spiro atoms. The van der Waals surface area contributed by atoms with Crippen LogP contribution in [0.2, 0.25) is 0 Å². The number of aryl methyl sites for hydroxylation is 1. The van der Waals surface area contributed by atoms with Gasteiger partial charge in [-0.05, 0) is 42.1 Å². The second kappa shape index (κ2) is 4.66. The fraction of sp³-hybridized carbons (Fsp3) is 0.667. The number of aromatic nitrogens is 2. The van der Waals surface area contributed by atoms with Crippen LogP contribution in [0.25, 0.3) is 0 Å². The predicted molar refractivity (Wildman–Crippen MR) is 69.4 cm³/mol. The molecule has 2 aliphatic rings. The normalized spacial score (nSPS) is 27.3. The fourth-order valence-electron chi connectivity index (χ4n) is 2.87. The highest BCUT2D eigenvalue weighted by atomic mass is 79.9. The van der Waals surface area contributed by atoms with Crippen molar-refractivity contribution in [3.8, 4) is 0 Å². The standard InChI is InChI=1S/C12H16BrN3O2/c1-7-10(13)11(15-14-7)12(17)16-5-6-18-9-4-2-3-8(9)16/h8-9H,2-6H2,1H3,(H,14,15)/t8-,9+/m0/s1. The van der Waals surface area contributed by atoms with Crippen molar-refractivity contribution in [2.24, 2.45) is 0 Å². The van der Waals surface area contributed by atoms with E-state index in [1.54, 1.807) is 0 Å². The molecule has 1 aromatic rings. The number of fused-ring (bicyclic) bond motifs is 1. The molecule has 0 unspecified atom stereocenters. The Labute approximate surface area is 114 Å². The Balaban J connectivity index is 1.85. The van der Waals surface area contributed by atoms with Gasteiger partial charge in [-0.15, -0.1) is 0 Å². The van der Waals surface area contributed by atoms with Gasteiger partial charge in [-0.2, -0.15) is 5.10 Å². The Morgan fingerprint density at radius 3 is 3.11 bits per heavy atom. The van der Waals surface area contributed by atoms with Gasteiger partial charge in [0, 0.05) is 12.2 Å². The van der Waals surface area contributed by atoms with E-state index in [9.17, 15) is 4.79 Å². The van der Waals surface area contributed by atoms with Crippen LogP contribution >= 0.6 is 15.9 Å². The molecule has 1 saturated heterocycles. The van der Waals surface area contributed by atoms with E-state index in [1.807, 2.05) is 11.8 Å². The Morgan fingerprint density at radius 1 is 1.56 bits per heavy atom. The van der Waals surface area contributed by atoms with Crippen molar-refractivity contribution >= 4 is 21.8 Å². The van der Waals surface area contributed by atoms with Crippen LogP contribution in [0.3, 0.4) is 0 Å². The van der Waals surface area contributed by atoms with Crippen molar-refractivity contribution in [1.29, 1.82) is 0 Å². The first-order valence-electron chi connectivity index (χ1n) is 6.31. The topological polar surface area (TPSA) is 58.2 Å². The number of ether oxygens (including phenoxy) is 1. The molecule has 2 fully saturated rings. The third-order valence-corrected chi connectivity index (χ3v) is 4.79. The molecular formula is C12H16BrN3O2. The van der Waals surface area contributed by atoms with E-state index in [2.05, 4.69) is 26.1 Å². The van der Waals surface area contributed by atoms with Crippen LogP contribution < -0.4 is 0 Å². The summed E-state index contributed by atoms with van der Waals surface area (Å²) >= 11 is 3.42. The molecule has 5 nitrogen and oxygen atoms in total. The highest BCUT2D eigenvalue weighted by molar-refractivity contribution is 9.10. The van der Waals surface area contributed by atoms with Gasteiger partial charge in [-0.25, -0.2) is 0 Å². The maximum Gasteiger partial charge on any atom is 0.275 e. The van der Waals surface area contributed by atoms with E-state index in [0.29, 0.717) is 18.8 Å². The number of hydrogen-bond donors (Lipinski definition) is 1. The highest BCUT2D eigenvalue weighted by Gasteiger charge is 2.39. The molecule has 1 aromatic heterocycles. The van der Waals surface area contributed by atoms with E-state index in [4.69, 9.17) is 4.74 Å². The summed E-state index contributed by atoms with van der Waals surface area (Å²) in [6.45, 7) is 3.19. The highest BCUT2D eigenvalue weighted by Crippen LogP contribution is 2.31. The summed E-state index contributed by atoms with van der Waals surface area (Å²) in [7, 11) is 0. The van der Waals surface area contributed by atoms with Gasteiger partial charge in [0.25, 0.3) is 5.91 Å². The average molecular weight is 314 g/mol. The maximum atomic E-state index is 12.5. The zero-order valence-electron chi connectivity index (χ0n) is 10.3. The summed E-state index contributed by atoms with van der Waals surface area (Å²) < 4.78 is 6.49. The smallest absolute Gasteiger partial charge is 0.275 e. The van der Waals surface area contributed by atoms with Crippen LogP contribution in [-0.2, 0) is 4.74 Å². The van der Waals surface area contributed by atoms with Crippen LogP contribution in [-0.4, -0.2) is 46.3 Å². The van der Waals surface area contributed by atoms with Crippen LogP contribution in [0.1, 0.15) is 35.4 Å². The molecule has 98 valence electrons. The molecule has 0 radical (unpaired) electrons. The summed E-state index contributed by atoms with van der Waals surface area (Å²) in [5.41, 5.74) is 1.37. The lowest BCUT2D eigenvalue weighted by Gasteiger charge is -2.37. The zero-order chi connectivity index (χ0) is 12.7. The van der Waals surface area contributed by atoms with Crippen LogP contribution in [0, 0.1) is 6.92 Å². The number of morpholine rings is 1. The van der Waals surface area contributed by atoms with E-state index >= 15 is 0 Å². The second-order valence-corrected chi connectivity index (χ2v) is 5.71. The third-order valence-electron chi connectivity index (χ3n) is 3.82. The first kappa shape index (κ1) is 12.2. The summed E-state index contributed by atoms with van der Waals surface area (Å²) in [5, 5.41) is 6.94. The number of rotatable bonds is 1. The quantitative estimate of drug-likeness (QED) is 0.861. The lowest BCUT2D eigenvalue weighted by molar-refractivity contribution is -0.0447. The summed E-state index contributed by atoms with van der Waals surface area (Å²) in [4.78, 5) is 14.5. The first-order valence-corrected chi connectivity index (χ1v) is 7.11. The molecule has 2 atom stereocenters. The number of nitrogens with one attached hydrogen (secondary N) is 1. The molecule has 1 saturated carbocycles. The second-order valence-electron chi connectivity index (χ2n) is 4.92. The molecule has 6 heteroatoms. The minimum Gasteiger partial charge on any atom is -0.374 e. The monoisotopic (exact) mass is 313 g/mol. The van der Waals surface area contributed by atoms with Gasteiger partial charge < -0.3 is 9.64 Å². The summed E-state index contributed by atoms with van der Waals surface area (Å²) in [6.07, 6.45) is 3.47. The molecular weight excluding hydrogens is 298 g/mol. The Morgan fingerprint density at radius 2 is 2.39 bits per heavy atom. The summed E-state index contributed by atoms with van der Waals surface area (Å²) in [5.74, 6) is 0.00595. The van der Waals surface area contributed by atoms with Gasteiger partial charge in [-0.1, -0.05) is 0 Å².